The van der Waals surface area contributed by atoms with E-state index in [-0.39, 0.29) is 27.2 Å². The van der Waals surface area contributed by atoms with E-state index in [1.807, 2.05) is 43.3 Å². The van der Waals surface area contributed by atoms with Crippen molar-refractivity contribution in [1.82, 2.24) is 15.6 Å². The average Bonchev–Trinajstić information content (AvgIpc) is 2.92. The van der Waals surface area contributed by atoms with Crippen molar-refractivity contribution in [2.24, 2.45) is 0 Å². The molecule has 0 aliphatic carbocycles. The van der Waals surface area contributed by atoms with Gasteiger partial charge in [-0.05, 0) is 59.5 Å². The van der Waals surface area contributed by atoms with Crippen LogP contribution in [0.4, 0.5) is 13.2 Å². The lowest BCUT2D eigenvalue weighted by Gasteiger charge is -2.38. The topological polar surface area (TPSA) is 57.2 Å². The lowest BCUT2D eigenvalue weighted by Crippen LogP contribution is -2.55. The second-order valence-electron chi connectivity index (χ2n) is 9.01. The van der Waals surface area contributed by atoms with Crippen LogP contribution in [-0.4, -0.2) is 21.0 Å². The van der Waals surface area contributed by atoms with Gasteiger partial charge in [-0.25, -0.2) is 0 Å². The number of aliphatic hydroxyl groups excluding tert-OH is 1. The van der Waals surface area contributed by atoms with E-state index in [0.717, 1.165) is 28.8 Å². The summed E-state index contributed by atoms with van der Waals surface area (Å²) in [6.45, 7) is 2.40. The van der Waals surface area contributed by atoms with Crippen molar-refractivity contribution in [2.75, 3.05) is 0 Å². The third-order valence-electron chi connectivity index (χ3n) is 6.35. The fourth-order valence-electron chi connectivity index (χ4n) is 4.49. The standard InChI is InChI=1S/C30H29F3IN3O/c1-21-17-23(14-15-26(21)34-2)20-36-28(38)37-29(27-13-6-7-16-35-27,19-22-9-4-3-5-10-22)24-11-8-12-25(18-24)30(31,32)33/h3-18,28,36-38H,2,19-20H2,1H3. The van der Waals surface area contributed by atoms with Gasteiger partial charge in [-0.15, -0.1) is 0 Å². The van der Waals surface area contributed by atoms with Crippen molar-refractivity contribution in [3.05, 3.63) is 134 Å². The SMILES string of the molecule is C=Ic1ccc(CNC(O)NC(Cc2ccccc2)(c2cccc(C(F)(F)F)c2)c2ccccn2)cc1C. The molecule has 0 amide bonds. The first-order chi connectivity index (χ1) is 18.2. The van der Waals surface area contributed by atoms with Gasteiger partial charge in [0.05, 0.1) is 16.8 Å². The number of benzene rings is 3. The molecule has 8 heteroatoms. The molecule has 1 heterocycles. The predicted molar refractivity (Wildman–Crippen MR) is 154 cm³/mol. The number of halogens is 4. The minimum absolute atomic E-state index is 0.256. The molecular formula is C30H29F3IN3O. The van der Waals surface area contributed by atoms with Gasteiger partial charge in [0.2, 0.25) is 0 Å². The Morgan fingerprint density at radius 3 is 2.29 bits per heavy atom. The smallest absolute Gasteiger partial charge is 0.365 e. The number of pyridine rings is 1. The molecule has 0 spiro atoms. The van der Waals surface area contributed by atoms with Crippen molar-refractivity contribution in [3.8, 4) is 0 Å². The zero-order chi connectivity index (χ0) is 27.2. The molecule has 198 valence electrons. The van der Waals surface area contributed by atoms with Crippen LogP contribution < -0.4 is 10.6 Å². The number of rotatable bonds is 10. The van der Waals surface area contributed by atoms with Crippen molar-refractivity contribution >= 4 is 25.2 Å². The van der Waals surface area contributed by atoms with Crippen LogP contribution in [0, 0.1) is 10.5 Å². The van der Waals surface area contributed by atoms with E-state index in [1.165, 1.54) is 9.64 Å². The summed E-state index contributed by atoms with van der Waals surface area (Å²) in [5.74, 6) is 0. The van der Waals surface area contributed by atoms with Gasteiger partial charge in [0.15, 0.2) is 6.35 Å². The normalized spacial score (nSPS) is 14.1. The summed E-state index contributed by atoms with van der Waals surface area (Å²) >= 11 is -0.275. The first-order valence-corrected chi connectivity index (χ1v) is 14.6. The molecule has 1 aromatic heterocycles. The number of nitrogens with one attached hydrogen (secondary N) is 2. The summed E-state index contributed by atoms with van der Waals surface area (Å²) in [7, 11) is 0. The number of hydrogen-bond donors (Lipinski definition) is 3. The highest BCUT2D eigenvalue weighted by molar-refractivity contribution is 14.2. The maximum atomic E-state index is 13.7. The molecule has 2 atom stereocenters. The Kier molecular flexibility index (Phi) is 9.09. The summed E-state index contributed by atoms with van der Waals surface area (Å²) in [5, 5.41) is 17.5. The molecule has 0 saturated heterocycles. The fourth-order valence-corrected chi connectivity index (χ4v) is 5.68. The van der Waals surface area contributed by atoms with Gasteiger partial charge in [0.25, 0.3) is 0 Å². The van der Waals surface area contributed by atoms with Gasteiger partial charge in [0.1, 0.15) is 0 Å². The van der Waals surface area contributed by atoms with Crippen LogP contribution in [0.2, 0.25) is 0 Å². The molecule has 0 radical (unpaired) electrons. The van der Waals surface area contributed by atoms with E-state index in [0.29, 0.717) is 17.8 Å². The molecular weight excluding hydrogens is 602 g/mol. The molecule has 3 aromatic carbocycles. The summed E-state index contributed by atoms with van der Waals surface area (Å²) in [5.41, 5.74) is 1.81. The van der Waals surface area contributed by atoms with E-state index in [9.17, 15) is 18.3 Å². The molecule has 4 rings (SSSR count). The summed E-state index contributed by atoms with van der Waals surface area (Å²) in [6.07, 6.45) is -3.92. The second-order valence-corrected chi connectivity index (χ2v) is 10.9. The molecule has 0 aliphatic rings. The van der Waals surface area contributed by atoms with Gasteiger partial charge < -0.3 is 5.11 Å². The van der Waals surface area contributed by atoms with Crippen LogP contribution in [0.15, 0.2) is 97.2 Å². The van der Waals surface area contributed by atoms with Gasteiger partial charge in [-0.1, -0.05) is 85.9 Å². The minimum Gasteiger partial charge on any atom is -0.365 e. The molecule has 0 bridgehead atoms. The summed E-state index contributed by atoms with van der Waals surface area (Å²) < 4.78 is 46.5. The first-order valence-electron chi connectivity index (χ1n) is 12.0. The van der Waals surface area contributed by atoms with E-state index in [2.05, 4.69) is 32.3 Å². The Hall–Kier alpha value is -2.92. The van der Waals surface area contributed by atoms with Crippen LogP contribution in [0.5, 0.6) is 0 Å². The van der Waals surface area contributed by atoms with E-state index in [4.69, 9.17) is 0 Å². The Labute approximate surface area is 230 Å². The molecule has 38 heavy (non-hydrogen) atoms. The second kappa shape index (κ2) is 12.3. The zero-order valence-corrected chi connectivity index (χ0v) is 23.0. The van der Waals surface area contributed by atoms with Gasteiger partial charge in [-0.3, -0.25) is 15.6 Å². The number of nitrogens with zero attached hydrogens (tertiary/aromatic N) is 1. The molecule has 0 saturated carbocycles. The molecule has 3 N–H and O–H groups in total. The Bertz CT molecular complexity index is 1370. The van der Waals surface area contributed by atoms with Crippen molar-refractivity contribution in [2.45, 2.75) is 38.0 Å². The average molecular weight is 631 g/mol. The van der Waals surface area contributed by atoms with Crippen LogP contribution in [-0.2, 0) is 24.7 Å². The first kappa shape index (κ1) is 28.1. The van der Waals surface area contributed by atoms with Crippen LogP contribution in [0.25, 0.3) is 0 Å². The molecule has 0 aliphatic heterocycles. The van der Waals surface area contributed by atoms with Gasteiger partial charge in [0, 0.05) is 22.7 Å². The van der Waals surface area contributed by atoms with E-state index < -0.39 is 23.6 Å². The van der Waals surface area contributed by atoms with E-state index in [1.54, 1.807) is 30.5 Å². The van der Waals surface area contributed by atoms with Crippen molar-refractivity contribution in [1.29, 1.82) is 0 Å². The van der Waals surface area contributed by atoms with Crippen molar-refractivity contribution < 1.29 is 18.3 Å². The predicted octanol–water partition coefficient (Wildman–Crippen LogP) is 6.12. The highest BCUT2D eigenvalue weighted by Gasteiger charge is 2.40. The van der Waals surface area contributed by atoms with Gasteiger partial charge >= 0.3 is 6.18 Å². The van der Waals surface area contributed by atoms with E-state index >= 15 is 0 Å². The molecule has 2 unspecified atom stereocenters. The van der Waals surface area contributed by atoms with Crippen LogP contribution >= 0.6 is 20.7 Å². The monoisotopic (exact) mass is 631 g/mol. The Morgan fingerprint density at radius 1 is 0.895 bits per heavy atom. The van der Waals surface area contributed by atoms with Crippen LogP contribution in [0.3, 0.4) is 0 Å². The van der Waals surface area contributed by atoms with Crippen molar-refractivity contribution in [3.63, 3.8) is 0 Å². The third kappa shape index (κ3) is 6.74. The lowest BCUT2D eigenvalue weighted by atomic mass is 9.80. The number of alkyl halides is 3. The lowest BCUT2D eigenvalue weighted by molar-refractivity contribution is -0.137. The number of aliphatic hydroxyl groups is 1. The highest BCUT2D eigenvalue weighted by atomic mass is 127. The number of aryl methyl sites for hydroxylation is 1. The Morgan fingerprint density at radius 2 is 1.63 bits per heavy atom. The molecule has 4 aromatic rings. The number of aromatic nitrogens is 1. The maximum Gasteiger partial charge on any atom is 0.416 e. The molecule has 4 nitrogen and oxygen atoms in total. The Balaban J connectivity index is 1.74. The van der Waals surface area contributed by atoms with Crippen LogP contribution in [0.1, 0.15) is 33.5 Å². The highest BCUT2D eigenvalue weighted by Crippen LogP contribution is 2.37. The fraction of sp³-hybridized carbons (Fsp3) is 0.200. The largest absolute Gasteiger partial charge is 0.416 e. The quantitative estimate of drug-likeness (QED) is 0.146. The minimum atomic E-state index is -4.52. The summed E-state index contributed by atoms with van der Waals surface area (Å²) in [6, 6.07) is 26.0. The number of hydrogen-bond acceptors (Lipinski definition) is 4. The summed E-state index contributed by atoms with van der Waals surface area (Å²) in [4.78, 5) is 4.53. The maximum absolute atomic E-state index is 13.7. The zero-order valence-electron chi connectivity index (χ0n) is 20.8. The van der Waals surface area contributed by atoms with Gasteiger partial charge in [-0.2, -0.15) is 13.2 Å². The molecule has 0 fully saturated rings. The third-order valence-corrected chi connectivity index (χ3v) is 8.38.